The molecule has 0 radical (unpaired) electrons. The van der Waals surface area contributed by atoms with Gasteiger partial charge in [-0.3, -0.25) is 14.5 Å². The normalized spacial score (nSPS) is 18.0. The quantitative estimate of drug-likeness (QED) is 0.544. The van der Waals surface area contributed by atoms with Crippen molar-refractivity contribution < 1.29 is 19.1 Å². The molecular weight excluding hydrogens is 463 g/mol. The Morgan fingerprint density at radius 2 is 1.83 bits per heavy atom. The molecule has 1 aliphatic rings. The molecule has 0 spiro atoms. The fraction of sp³-hybridized carbons (Fsp3) is 0.308. The van der Waals surface area contributed by atoms with Crippen molar-refractivity contribution in [1.82, 2.24) is 14.7 Å². The number of aromatic nitrogens is 2. The highest BCUT2D eigenvalue weighted by atomic mass is 19.1. The largest absolute Gasteiger partial charge is 0.480 e. The van der Waals surface area contributed by atoms with Gasteiger partial charge in [0, 0.05) is 30.9 Å². The maximum absolute atomic E-state index is 13.2. The van der Waals surface area contributed by atoms with E-state index in [1.807, 2.05) is 18.7 Å². The van der Waals surface area contributed by atoms with Crippen LogP contribution in [0, 0.1) is 24.1 Å². The first-order valence-corrected chi connectivity index (χ1v) is 11.6. The van der Waals surface area contributed by atoms with Crippen molar-refractivity contribution >= 4 is 23.3 Å². The number of carbonyl (C=O) groups excluding carboxylic acids is 1. The van der Waals surface area contributed by atoms with Crippen LogP contribution in [0.2, 0.25) is 0 Å². The average Bonchev–Trinajstić information content (AvgIpc) is 3.23. The first-order valence-electron chi connectivity index (χ1n) is 11.6. The number of nitriles is 1. The number of hydrogen-bond acceptors (Lipinski definition) is 6. The van der Waals surface area contributed by atoms with Gasteiger partial charge in [0.25, 0.3) is 5.91 Å². The maximum Gasteiger partial charge on any atom is 0.317 e. The Hall–Kier alpha value is -4.23. The van der Waals surface area contributed by atoms with Crippen molar-refractivity contribution in [3.8, 4) is 11.8 Å². The first-order chi connectivity index (χ1) is 17.2. The summed E-state index contributed by atoms with van der Waals surface area (Å²) in [6.45, 7) is 6.84. The summed E-state index contributed by atoms with van der Waals surface area (Å²) in [4.78, 5) is 28.2. The molecular formula is C26H27FN6O3. The summed E-state index contributed by atoms with van der Waals surface area (Å²) in [6.07, 6.45) is 1.45. The Morgan fingerprint density at radius 1 is 1.17 bits per heavy atom. The third-order valence-electron chi connectivity index (χ3n) is 6.46. The molecule has 2 aromatic carbocycles. The van der Waals surface area contributed by atoms with Gasteiger partial charge in [-0.05, 0) is 63.2 Å². The van der Waals surface area contributed by atoms with Crippen LogP contribution in [0.25, 0.3) is 5.69 Å². The molecule has 0 bridgehead atoms. The molecule has 2 atom stereocenters. The van der Waals surface area contributed by atoms with E-state index in [0.29, 0.717) is 41.3 Å². The van der Waals surface area contributed by atoms with Gasteiger partial charge in [-0.1, -0.05) is 0 Å². The lowest BCUT2D eigenvalue weighted by atomic mass is 10.0. The molecule has 0 unspecified atom stereocenters. The van der Waals surface area contributed by atoms with Gasteiger partial charge in [-0.15, -0.1) is 0 Å². The van der Waals surface area contributed by atoms with Crippen molar-refractivity contribution in [3.63, 3.8) is 0 Å². The van der Waals surface area contributed by atoms with Gasteiger partial charge in [-0.2, -0.15) is 10.4 Å². The summed E-state index contributed by atoms with van der Waals surface area (Å²) in [5.74, 6) is -1.59. The average molecular weight is 491 g/mol. The van der Waals surface area contributed by atoms with Gasteiger partial charge in [0.05, 0.1) is 40.9 Å². The number of amides is 1. The monoisotopic (exact) mass is 490 g/mol. The number of carbonyl (C=O) groups is 2. The van der Waals surface area contributed by atoms with E-state index in [1.165, 1.54) is 18.3 Å². The molecule has 3 aromatic rings. The van der Waals surface area contributed by atoms with Gasteiger partial charge in [-0.25, -0.2) is 9.07 Å². The first kappa shape index (κ1) is 24.9. The van der Waals surface area contributed by atoms with Gasteiger partial charge < -0.3 is 15.3 Å². The molecule has 1 aromatic heterocycles. The summed E-state index contributed by atoms with van der Waals surface area (Å²) >= 11 is 0. The molecule has 186 valence electrons. The summed E-state index contributed by atoms with van der Waals surface area (Å²) in [5.41, 5.74) is 3.22. The highest BCUT2D eigenvalue weighted by Gasteiger charge is 2.31. The van der Waals surface area contributed by atoms with E-state index in [4.69, 9.17) is 0 Å². The molecule has 9 nitrogen and oxygen atoms in total. The van der Waals surface area contributed by atoms with Crippen molar-refractivity contribution in [2.45, 2.75) is 32.9 Å². The van der Waals surface area contributed by atoms with Crippen LogP contribution in [-0.2, 0) is 4.79 Å². The van der Waals surface area contributed by atoms with Crippen LogP contribution in [0.15, 0.2) is 48.7 Å². The summed E-state index contributed by atoms with van der Waals surface area (Å²) in [5, 5.41) is 26.1. The summed E-state index contributed by atoms with van der Waals surface area (Å²) < 4.78 is 14.8. The topological polar surface area (TPSA) is 114 Å². The molecule has 0 saturated carbocycles. The highest BCUT2D eigenvalue weighted by molar-refractivity contribution is 6.05. The number of hydrogen-bond donors (Lipinski definition) is 2. The minimum Gasteiger partial charge on any atom is -0.480 e. The number of carboxylic acid groups (broad SMARTS) is 1. The van der Waals surface area contributed by atoms with Crippen LogP contribution in [0.3, 0.4) is 0 Å². The number of rotatable bonds is 6. The molecule has 0 aliphatic carbocycles. The lowest BCUT2D eigenvalue weighted by molar-refractivity contribution is -0.139. The lowest BCUT2D eigenvalue weighted by Gasteiger charge is -2.44. The standard InChI is InChI=1S/C26H27FN6O3/c1-16-13-31(14-17(2)32(16)15-25(34)35)24-9-6-21(10-19(24)11-28)30-26(36)23-12-29-33(18(23)3)22-7-4-20(27)5-8-22/h4-10,12,16-17H,13-15H2,1-3H3,(H,30,36)(H,34,35)/t16-,17+. The van der Waals surface area contributed by atoms with E-state index in [0.717, 1.165) is 5.69 Å². The predicted octanol–water partition coefficient (Wildman–Crippen LogP) is 3.43. The number of carboxylic acids is 1. The summed E-state index contributed by atoms with van der Waals surface area (Å²) in [7, 11) is 0. The van der Waals surface area contributed by atoms with E-state index in [9.17, 15) is 24.3 Å². The molecule has 4 rings (SSSR count). The Labute approximate surface area is 208 Å². The second-order valence-electron chi connectivity index (χ2n) is 9.00. The van der Waals surface area contributed by atoms with E-state index < -0.39 is 5.97 Å². The fourth-order valence-corrected chi connectivity index (χ4v) is 4.67. The minimum atomic E-state index is -0.863. The number of nitrogens with one attached hydrogen (secondary N) is 1. The number of benzene rings is 2. The van der Waals surface area contributed by atoms with Crippen LogP contribution in [0.4, 0.5) is 15.8 Å². The molecule has 1 amide bonds. The van der Waals surface area contributed by atoms with Gasteiger partial charge in [0.1, 0.15) is 11.9 Å². The molecule has 2 N–H and O–H groups in total. The van der Waals surface area contributed by atoms with Crippen molar-refractivity contribution in [2.75, 3.05) is 29.9 Å². The Morgan fingerprint density at radius 3 is 2.44 bits per heavy atom. The number of halogens is 1. The minimum absolute atomic E-state index is 0.00334. The molecule has 1 fully saturated rings. The number of aliphatic carboxylic acids is 1. The second-order valence-corrected chi connectivity index (χ2v) is 9.00. The van der Waals surface area contributed by atoms with Crippen molar-refractivity contribution in [3.05, 3.63) is 71.3 Å². The Bertz CT molecular complexity index is 1320. The molecule has 10 heteroatoms. The molecule has 2 heterocycles. The summed E-state index contributed by atoms with van der Waals surface area (Å²) in [6, 6.07) is 13.2. The molecule has 1 saturated heterocycles. The Balaban J connectivity index is 1.51. The number of nitrogens with zero attached hydrogens (tertiary/aromatic N) is 5. The van der Waals surface area contributed by atoms with E-state index in [-0.39, 0.29) is 30.4 Å². The zero-order chi connectivity index (χ0) is 26.0. The van der Waals surface area contributed by atoms with Crippen LogP contribution >= 0.6 is 0 Å². The van der Waals surface area contributed by atoms with E-state index in [2.05, 4.69) is 21.4 Å². The van der Waals surface area contributed by atoms with Gasteiger partial charge >= 0.3 is 5.97 Å². The third kappa shape index (κ3) is 5.06. The van der Waals surface area contributed by atoms with Gasteiger partial charge in [0.15, 0.2) is 0 Å². The van der Waals surface area contributed by atoms with E-state index in [1.54, 1.807) is 41.9 Å². The maximum atomic E-state index is 13.2. The third-order valence-corrected chi connectivity index (χ3v) is 6.46. The zero-order valence-corrected chi connectivity index (χ0v) is 20.3. The second kappa shape index (κ2) is 10.2. The van der Waals surface area contributed by atoms with Gasteiger partial charge in [0.2, 0.25) is 0 Å². The SMILES string of the molecule is Cc1c(C(=O)Nc2ccc(N3C[C@@H](C)N(CC(=O)O)[C@@H](C)C3)c(C#N)c2)cnn1-c1ccc(F)cc1. The fourth-order valence-electron chi connectivity index (χ4n) is 4.67. The van der Waals surface area contributed by atoms with E-state index >= 15 is 0 Å². The number of piperazine rings is 1. The Kier molecular flexibility index (Phi) is 7.03. The van der Waals surface area contributed by atoms with Crippen LogP contribution in [-0.4, -0.2) is 63.4 Å². The molecule has 36 heavy (non-hydrogen) atoms. The highest BCUT2D eigenvalue weighted by Crippen LogP contribution is 2.28. The zero-order valence-electron chi connectivity index (χ0n) is 20.3. The van der Waals surface area contributed by atoms with Crippen LogP contribution in [0.1, 0.15) is 35.5 Å². The smallest absolute Gasteiger partial charge is 0.317 e. The number of anilines is 2. The van der Waals surface area contributed by atoms with Crippen molar-refractivity contribution in [2.24, 2.45) is 0 Å². The predicted molar refractivity (Wildman–Crippen MR) is 133 cm³/mol. The van der Waals surface area contributed by atoms with Crippen LogP contribution < -0.4 is 10.2 Å². The molecule has 1 aliphatic heterocycles. The lowest BCUT2D eigenvalue weighted by Crippen LogP contribution is -2.58. The van der Waals surface area contributed by atoms with Crippen molar-refractivity contribution in [1.29, 1.82) is 5.26 Å². The van der Waals surface area contributed by atoms with Crippen LogP contribution in [0.5, 0.6) is 0 Å².